The van der Waals surface area contributed by atoms with Crippen molar-refractivity contribution >= 4 is 17.5 Å². The molecule has 0 unspecified atom stereocenters. The molecule has 1 aromatic heterocycles. The zero-order chi connectivity index (χ0) is 11.4. The lowest BCUT2D eigenvalue weighted by Crippen LogP contribution is -2.38. The second kappa shape index (κ2) is 5.46. The summed E-state index contributed by atoms with van der Waals surface area (Å²) in [6.07, 6.45) is 8.29. The molecule has 0 atom stereocenters. The smallest absolute Gasteiger partial charge is 0.225 e. The highest BCUT2D eigenvalue weighted by atomic mass is 35.5. The molecule has 0 spiro atoms. The second-order valence-electron chi connectivity index (χ2n) is 4.12. The Morgan fingerprint density at radius 2 is 1.94 bits per heavy atom. The van der Waals surface area contributed by atoms with E-state index in [-0.39, 0.29) is 0 Å². The minimum absolute atomic E-state index is 0.546. The molecule has 5 heteroatoms. The van der Waals surface area contributed by atoms with Crippen LogP contribution in [0.4, 0.5) is 5.95 Å². The largest absolute Gasteiger partial charge is 0.337 e. The number of anilines is 1. The Balaban J connectivity index is 2.14. The van der Waals surface area contributed by atoms with Crippen LogP contribution in [-0.4, -0.2) is 29.1 Å². The molecule has 2 rings (SSSR count). The summed E-state index contributed by atoms with van der Waals surface area (Å²) in [4.78, 5) is 10.7. The third-order valence-electron chi connectivity index (χ3n) is 3.00. The Bertz CT molecular complexity index is 321. The molecule has 0 saturated heterocycles. The number of nitrogens with two attached hydrogens (primary N) is 1. The average Bonchev–Trinajstić information content (AvgIpc) is 2.81. The summed E-state index contributed by atoms with van der Waals surface area (Å²) in [5.41, 5.74) is 5.64. The highest BCUT2D eigenvalue weighted by molar-refractivity contribution is 6.30. The van der Waals surface area contributed by atoms with Crippen LogP contribution in [0.2, 0.25) is 5.02 Å². The van der Waals surface area contributed by atoms with Crippen molar-refractivity contribution in [3.63, 3.8) is 0 Å². The lowest BCUT2D eigenvalue weighted by atomic mass is 10.2. The van der Waals surface area contributed by atoms with Gasteiger partial charge in [-0.25, -0.2) is 9.97 Å². The second-order valence-corrected chi connectivity index (χ2v) is 4.56. The number of rotatable bonds is 4. The molecule has 0 radical (unpaired) electrons. The minimum Gasteiger partial charge on any atom is -0.337 e. The molecule has 88 valence electrons. The van der Waals surface area contributed by atoms with Crippen molar-refractivity contribution in [3.8, 4) is 0 Å². The van der Waals surface area contributed by atoms with E-state index in [2.05, 4.69) is 14.9 Å². The van der Waals surface area contributed by atoms with E-state index in [0.29, 0.717) is 17.6 Å². The Morgan fingerprint density at radius 1 is 1.31 bits per heavy atom. The first-order chi connectivity index (χ1) is 7.81. The summed E-state index contributed by atoms with van der Waals surface area (Å²) < 4.78 is 0. The van der Waals surface area contributed by atoms with E-state index >= 15 is 0 Å². The van der Waals surface area contributed by atoms with E-state index in [1.54, 1.807) is 12.4 Å². The van der Waals surface area contributed by atoms with Crippen molar-refractivity contribution in [1.82, 2.24) is 9.97 Å². The number of hydrogen-bond acceptors (Lipinski definition) is 4. The normalized spacial score (nSPS) is 16.6. The molecule has 4 nitrogen and oxygen atoms in total. The molecular formula is C11H17ClN4. The number of hydrogen-bond donors (Lipinski definition) is 1. The van der Waals surface area contributed by atoms with Crippen molar-refractivity contribution in [2.24, 2.45) is 5.73 Å². The number of halogens is 1. The fourth-order valence-electron chi connectivity index (χ4n) is 2.25. The molecule has 0 amide bonds. The molecule has 1 saturated carbocycles. The Morgan fingerprint density at radius 3 is 2.50 bits per heavy atom. The Hall–Kier alpha value is -0.870. The highest BCUT2D eigenvalue weighted by Crippen LogP contribution is 2.25. The standard InChI is InChI=1S/C11H17ClN4/c12-9-7-14-11(15-8-9)16(6-5-13)10-3-1-2-4-10/h7-8,10H,1-6,13H2. The van der Waals surface area contributed by atoms with Gasteiger partial charge >= 0.3 is 0 Å². The predicted molar refractivity (Wildman–Crippen MR) is 65.7 cm³/mol. The van der Waals surface area contributed by atoms with E-state index in [0.717, 1.165) is 12.5 Å². The van der Waals surface area contributed by atoms with Crippen LogP contribution in [-0.2, 0) is 0 Å². The van der Waals surface area contributed by atoms with Gasteiger partial charge in [-0.1, -0.05) is 24.4 Å². The van der Waals surface area contributed by atoms with Crippen molar-refractivity contribution in [2.45, 2.75) is 31.7 Å². The topological polar surface area (TPSA) is 55.0 Å². The zero-order valence-electron chi connectivity index (χ0n) is 9.27. The molecule has 0 bridgehead atoms. The van der Waals surface area contributed by atoms with Gasteiger partial charge in [0.15, 0.2) is 0 Å². The highest BCUT2D eigenvalue weighted by Gasteiger charge is 2.23. The van der Waals surface area contributed by atoms with E-state index in [1.165, 1.54) is 25.7 Å². The summed E-state index contributed by atoms with van der Waals surface area (Å²) in [6, 6.07) is 0.546. The Kier molecular flexibility index (Phi) is 3.96. The molecule has 2 N–H and O–H groups in total. The summed E-state index contributed by atoms with van der Waals surface area (Å²) in [7, 11) is 0. The lowest BCUT2D eigenvalue weighted by molar-refractivity contribution is 0.594. The fourth-order valence-corrected chi connectivity index (χ4v) is 2.35. The molecule has 16 heavy (non-hydrogen) atoms. The zero-order valence-corrected chi connectivity index (χ0v) is 10.0. The van der Waals surface area contributed by atoms with Crippen LogP contribution < -0.4 is 10.6 Å². The average molecular weight is 241 g/mol. The van der Waals surface area contributed by atoms with Gasteiger partial charge < -0.3 is 10.6 Å². The third kappa shape index (κ3) is 2.62. The number of nitrogens with zero attached hydrogens (tertiary/aromatic N) is 3. The predicted octanol–water partition coefficient (Wildman–Crippen LogP) is 1.84. The first-order valence-corrected chi connectivity index (χ1v) is 6.13. The molecule has 1 aliphatic rings. The lowest BCUT2D eigenvalue weighted by Gasteiger charge is -2.28. The molecule has 0 aliphatic heterocycles. The molecule has 1 aromatic rings. The molecule has 1 aliphatic carbocycles. The van der Waals surface area contributed by atoms with Gasteiger partial charge in [0.2, 0.25) is 5.95 Å². The maximum atomic E-state index is 5.78. The number of aromatic nitrogens is 2. The minimum atomic E-state index is 0.546. The van der Waals surface area contributed by atoms with E-state index in [4.69, 9.17) is 17.3 Å². The van der Waals surface area contributed by atoms with Gasteiger partial charge in [0, 0.05) is 19.1 Å². The van der Waals surface area contributed by atoms with Crippen LogP contribution in [0.3, 0.4) is 0 Å². The summed E-state index contributed by atoms with van der Waals surface area (Å²) in [5, 5.41) is 0.572. The first kappa shape index (κ1) is 11.6. The van der Waals surface area contributed by atoms with E-state index in [9.17, 15) is 0 Å². The van der Waals surface area contributed by atoms with Crippen LogP contribution in [0.25, 0.3) is 0 Å². The fraction of sp³-hybridized carbons (Fsp3) is 0.636. The van der Waals surface area contributed by atoms with Gasteiger partial charge in [0.1, 0.15) is 0 Å². The molecule has 0 aromatic carbocycles. The Labute approximate surface area is 101 Å². The maximum Gasteiger partial charge on any atom is 0.225 e. The quantitative estimate of drug-likeness (QED) is 0.873. The molecule has 1 heterocycles. The summed E-state index contributed by atoms with van der Waals surface area (Å²) in [5.74, 6) is 0.752. The van der Waals surface area contributed by atoms with Gasteiger partial charge in [-0.2, -0.15) is 0 Å². The first-order valence-electron chi connectivity index (χ1n) is 5.75. The van der Waals surface area contributed by atoms with E-state index < -0.39 is 0 Å². The molecular weight excluding hydrogens is 224 g/mol. The van der Waals surface area contributed by atoms with Gasteiger partial charge in [-0.3, -0.25) is 0 Å². The van der Waals surface area contributed by atoms with Gasteiger partial charge in [-0.05, 0) is 12.8 Å². The van der Waals surface area contributed by atoms with Crippen molar-refractivity contribution in [3.05, 3.63) is 17.4 Å². The van der Waals surface area contributed by atoms with E-state index in [1.807, 2.05) is 0 Å². The SMILES string of the molecule is NCCN(c1ncc(Cl)cn1)C1CCCC1. The monoisotopic (exact) mass is 240 g/mol. The van der Waals surface area contributed by atoms with Crippen LogP contribution in [0, 0.1) is 0 Å². The van der Waals surface area contributed by atoms with Gasteiger partial charge in [0.05, 0.1) is 17.4 Å². The van der Waals surface area contributed by atoms with Crippen LogP contribution >= 0.6 is 11.6 Å². The maximum absolute atomic E-state index is 5.78. The van der Waals surface area contributed by atoms with Gasteiger partial charge in [-0.15, -0.1) is 0 Å². The van der Waals surface area contributed by atoms with Crippen LogP contribution in [0.5, 0.6) is 0 Å². The van der Waals surface area contributed by atoms with Crippen molar-refractivity contribution in [2.75, 3.05) is 18.0 Å². The van der Waals surface area contributed by atoms with Crippen molar-refractivity contribution < 1.29 is 0 Å². The molecule has 1 fully saturated rings. The van der Waals surface area contributed by atoms with Crippen molar-refractivity contribution in [1.29, 1.82) is 0 Å². The third-order valence-corrected chi connectivity index (χ3v) is 3.19. The van der Waals surface area contributed by atoms with Crippen LogP contribution in [0.15, 0.2) is 12.4 Å². The summed E-state index contributed by atoms with van der Waals surface area (Å²) >= 11 is 5.78. The van der Waals surface area contributed by atoms with Crippen LogP contribution in [0.1, 0.15) is 25.7 Å². The van der Waals surface area contributed by atoms with Gasteiger partial charge in [0.25, 0.3) is 0 Å². The summed E-state index contributed by atoms with van der Waals surface area (Å²) in [6.45, 7) is 1.44.